The van der Waals surface area contributed by atoms with Crippen LogP contribution >= 0.6 is 0 Å². The van der Waals surface area contributed by atoms with E-state index >= 15 is 0 Å². The number of aliphatic hydroxyl groups is 1. The van der Waals surface area contributed by atoms with Gasteiger partial charge in [0.1, 0.15) is 0 Å². The number of aryl methyl sites for hydroxylation is 2. The number of unbranched alkanes of at least 4 members (excludes halogenated alkanes) is 1. The highest BCUT2D eigenvalue weighted by Gasteiger charge is 2.17. The molecule has 0 bridgehead atoms. The quantitative estimate of drug-likeness (QED) is 0.616. The number of nitrogens with zero attached hydrogens (tertiary/aromatic N) is 3. The monoisotopic (exact) mass is 309 g/mol. The van der Waals surface area contributed by atoms with Crippen molar-refractivity contribution < 1.29 is 5.11 Å². The highest BCUT2D eigenvalue weighted by molar-refractivity contribution is 5.74. The summed E-state index contributed by atoms with van der Waals surface area (Å²) in [6.07, 6.45) is 2.38. The van der Waals surface area contributed by atoms with Crippen molar-refractivity contribution in [2.24, 2.45) is 0 Å². The van der Waals surface area contributed by atoms with Gasteiger partial charge in [0, 0.05) is 26.2 Å². The minimum Gasteiger partial charge on any atom is -0.396 e. The summed E-state index contributed by atoms with van der Waals surface area (Å²) in [4.78, 5) is 31.0. The Balaban J connectivity index is 2.57. The van der Waals surface area contributed by atoms with Crippen molar-refractivity contribution in [1.29, 1.82) is 0 Å². The zero-order valence-electron chi connectivity index (χ0n) is 13.1. The molecule has 8 heteroatoms. The van der Waals surface area contributed by atoms with Gasteiger partial charge in [0.15, 0.2) is 11.2 Å². The van der Waals surface area contributed by atoms with Gasteiger partial charge in [-0.15, -0.1) is 0 Å². The second kappa shape index (κ2) is 7.26. The van der Waals surface area contributed by atoms with Crippen LogP contribution in [-0.4, -0.2) is 37.4 Å². The lowest BCUT2D eigenvalue weighted by Crippen LogP contribution is -2.31. The number of fused-ring (bicyclic) bond motifs is 1. The van der Waals surface area contributed by atoms with Crippen molar-refractivity contribution in [1.82, 2.24) is 19.1 Å². The molecule has 2 heterocycles. The van der Waals surface area contributed by atoms with Crippen molar-refractivity contribution in [3.05, 3.63) is 20.8 Å². The molecule has 0 amide bonds. The molecule has 3 N–H and O–H groups in total. The van der Waals surface area contributed by atoms with Crippen LogP contribution in [0.25, 0.3) is 11.2 Å². The minimum atomic E-state index is -0.423. The molecule has 2 aromatic heterocycles. The van der Waals surface area contributed by atoms with E-state index in [9.17, 15) is 9.59 Å². The van der Waals surface area contributed by atoms with E-state index in [-0.39, 0.29) is 6.61 Å². The minimum absolute atomic E-state index is 0.0845. The summed E-state index contributed by atoms with van der Waals surface area (Å²) in [5.41, 5.74) is -0.0221. The van der Waals surface area contributed by atoms with Gasteiger partial charge < -0.3 is 15.0 Å². The number of H-pyrrole nitrogens is 1. The third-order valence-corrected chi connectivity index (χ3v) is 3.56. The third-order valence-electron chi connectivity index (χ3n) is 3.56. The van der Waals surface area contributed by atoms with Crippen LogP contribution in [0.1, 0.15) is 33.1 Å². The highest BCUT2D eigenvalue weighted by atomic mass is 16.3. The zero-order valence-corrected chi connectivity index (χ0v) is 13.1. The molecule has 0 aliphatic heterocycles. The molecule has 22 heavy (non-hydrogen) atoms. The molecule has 8 nitrogen and oxygen atoms in total. The Morgan fingerprint density at radius 1 is 1.23 bits per heavy atom. The van der Waals surface area contributed by atoms with Crippen LogP contribution < -0.4 is 16.6 Å². The van der Waals surface area contributed by atoms with Gasteiger partial charge in [-0.2, -0.15) is 4.98 Å². The van der Waals surface area contributed by atoms with E-state index in [1.54, 1.807) is 4.57 Å². The number of hydrogen-bond donors (Lipinski definition) is 3. The molecule has 0 saturated carbocycles. The van der Waals surface area contributed by atoms with Gasteiger partial charge in [0.05, 0.1) is 0 Å². The Hall–Kier alpha value is -2.09. The molecule has 0 spiro atoms. The van der Waals surface area contributed by atoms with E-state index in [2.05, 4.69) is 15.3 Å². The Morgan fingerprint density at radius 3 is 2.64 bits per heavy atom. The molecule has 2 aromatic rings. The highest BCUT2D eigenvalue weighted by Crippen LogP contribution is 2.15. The normalized spacial score (nSPS) is 11.2. The fourth-order valence-electron chi connectivity index (χ4n) is 2.42. The van der Waals surface area contributed by atoms with Gasteiger partial charge >= 0.3 is 5.69 Å². The first-order chi connectivity index (χ1) is 10.6. The van der Waals surface area contributed by atoms with E-state index in [1.807, 2.05) is 13.8 Å². The van der Waals surface area contributed by atoms with Crippen LogP contribution in [-0.2, 0) is 13.1 Å². The number of aliphatic hydroxyl groups excluding tert-OH is 1. The van der Waals surface area contributed by atoms with Crippen LogP contribution in [0, 0.1) is 0 Å². The number of nitrogens with one attached hydrogen (secondary N) is 2. The molecule has 0 aliphatic rings. The summed E-state index contributed by atoms with van der Waals surface area (Å²) in [5, 5.41) is 12.0. The zero-order chi connectivity index (χ0) is 16.1. The smallest absolute Gasteiger partial charge is 0.330 e. The average molecular weight is 309 g/mol. The van der Waals surface area contributed by atoms with Crippen molar-refractivity contribution in [3.63, 3.8) is 0 Å². The predicted molar refractivity (Wildman–Crippen MR) is 85.4 cm³/mol. The van der Waals surface area contributed by atoms with Crippen LogP contribution in [0.3, 0.4) is 0 Å². The predicted octanol–water partition coefficient (Wildman–Crippen LogP) is 0.501. The first kappa shape index (κ1) is 16.3. The Morgan fingerprint density at radius 2 is 2.00 bits per heavy atom. The molecule has 0 aromatic carbocycles. The lowest BCUT2D eigenvalue weighted by molar-refractivity contribution is 0.292. The van der Waals surface area contributed by atoms with Gasteiger partial charge in [0.25, 0.3) is 5.56 Å². The molecule has 0 saturated heterocycles. The Bertz CT molecular complexity index is 743. The van der Waals surface area contributed by atoms with E-state index in [4.69, 9.17) is 5.11 Å². The molecular weight excluding hydrogens is 286 g/mol. The Labute approximate surface area is 127 Å². The summed E-state index contributed by atoms with van der Waals surface area (Å²) < 4.78 is 3.27. The lowest BCUT2D eigenvalue weighted by Gasteiger charge is -2.07. The maximum atomic E-state index is 12.2. The fraction of sp³-hybridized carbons (Fsp3) is 0.643. The first-order valence-corrected chi connectivity index (χ1v) is 7.72. The van der Waals surface area contributed by atoms with Gasteiger partial charge in [-0.25, -0.2) is 4.79 Å². The number of hydrogen-bond acceptors (Lipinski definition) is 5. The fourth-order valence-corrected chi connectivity index (χ4v) is 2.42. The summed E-state index contributed by atoms with van der Waals surface area (Å²) in [5.74, 6) is 0.548. The van der Waals surface area contributed by atoms with E-state index in [0.717, 1.165) is 12.8 Å². The average Bonchev–Trinajstić information content (AvgIpc) is 2.86. The number of aromatic nitrogens is 4. The number of imidazole rings is 1. The van der Waals surface area contributed by atoms with Crippen molar-refractivity contribution in [2.75, 3.05) is 18.5 Å². The second-order valence-corrected chi connectivity index (χ2v) is 5.12. The summed E-state index contributed by atoms with van der Waals surface area (Å²) in [7, 11) is 0. The first-order valence-electron chi connectivity index (χ1n) is 7.72. The molecule has 122 valence electrons. The molecule has 0 unspecified atom stereocenters. The summed E-state index contributed by atoms with van der Waals surface area (Å²) >= 11 is 0. The van der Waals surface area contributed by atoms with Crippen molar-refractivity contribution in [2.45, 2.75) is 46.2 Å². The number of rotatable bonds is 8. The molecule has 0 radical (unpaired) electrons. The molecule has 2 rings (SSSR count). The molecular formula is C14H23N5O3. The van der Waals surface area contributed by atoms with Crippen LogP contribution in [0.15, 0.2) is 9.59 Å². The van der Waals surface area contributed by atoms with Crippen molar-refractivity contribution in [3.8, 4) is 0 Å². The van der Waals surface area contributed by atoms with Crippen LogP contribution in [0.2, 0.25) is 0 Å². The largest absolute Gasteiger partial charge is 0.396 e. The lowest BCUT2D eigenvalue weighted by atomic mass is 10.3. The second-order valence-electron chi connectivity index (χ2n) is 5.12. The van der Waals surface area contributed by atoms with Crippen LogP contribution in [0.5, 0.6) is 0 Å². The molecule has 0 atom stereocenters. The summed E-state index contributed by atoms with van der Waals surface area (Å²) in [6, 6.07) is 0. The number of aromatic amines is 1. The summed E-state index contributed by atoms with van der Waals surface area (Å²) in [6.45, 7) is 5.68. The van der Waals surface area contributed by atoms with E-state index < -0.39 is 11.2 Å². The Kier molecular flexibility index (Phi) is 5.37. The topological polar surface area (TPSA) is 105 Å². The molecule has 0 fully saturated rings. The number of anilines is 1. The maximum absolute atomic E-state index is 12.2. The van der Waals surface area contributed by atoms with Gasteiger partial charge in [-0.3, -0.25) is 14.3 Å². The SMILES string of the molecule is CCCCn1c(=O)[nH]c(=O)c2c1nc(NCCCO)n2CC. The molecule has 0 aliphatic carbocycles. The van der Waals surface area contributed by atoms with Crippen molar-refractivity contribution >= 4 is 17.1 Å². The third kappa shape index (κ3) is 3.06. The van der Waals surface area contributed by atoms with Gasteiger partial charge in [0.2, 0.25) is 5.95 Å². The maximum Gasteiger partial charge on any atom is 0.330 e. The standard InChI is InChI=1S/C14H23N5O3/c1-3-5-8-19-11-10(12(21)17-14(19)22)18(4-2)13(16-11)15-7-6-9-20/h20H,3-9H2,1-2H3,(H,15,16)(H,17,21,22). The van der Waals surface area contributed by atoms with Gasteiger partial charge in [-0.05, 0) is 19.8 Å². The van der Waals surface area contributed by atoms with Gasteiger partial charge in [-0.1, -0.05) is 13.3 Å². The van der Waals surface area contributed by atoms with Crippen LogP contribution in [0.4, 0.5) is 5.95 Å². The van der Waals surface area contributed by atoms with E-state index in [0.29, 0.717) is 43.2 Å². The van der Waals surface area contributed by atoms with E-state index in [1.165, 1.54) is 4.57 Å².